The van der Waals surface area contributed by atoms with Gasteiger partial charge in [0.15, 0.2) is 0 Å². The SMILES string of the molecule is Cc1ccc(COC(=O)Cc2ccc(N)cc2)c(Cl)c1. The van der Waals surface area contributed by atoms with Crippen LogP contribution in [-0.4, -0.2) is 5.97 Å². The molecular weight excluding hydrogens is 274 g/mol. The fraction of sp³-hybridized carbons (Fsp3) is 0.188. The molecule has 0 spiro atoms. The van der Waals surface area contributed by atoms with E-state index >= 15 is 0 Å². The molecule has 0 aliphatic rings. The van der Waals surface area contributed by atoms with Crippen LogP contribution in [0.25, 0.3) is 0 Å². The Bertz CT molecular complexity index is 608. The molecule has 2 aromatic carbocycles. The molecular formula is C16H16ClNO2. The van der Waals surface area contributed by atoms with E-state index in [9.17, 15) is 4.79 Å². The standard InChI is InChI=1S/C16H16ClNO2/c1-11-2-5-13(15(17)8-11)10-20-16(19)9-12-3-6-14(18)7-4-12/h2-8H,9-10,18H2,1H3. The van der Waals surface area contributed by atoms with Crippen LogP contribution in [0.2, 0.25) is 5.02 Å². The van der Waals surface area contributed by atoms with Crippen molar-refractivity contribution in [2.24, 2.45) is 0 Å². The largest absolute Gasteiger partial charge is 0.461 e. The third-order valence-corrected chi connectivity index (χ3v) is 3.28. The molecule has 0 unspecified atom stereocenters. The van der Waals surface area contributed by atoms with Crippen LogP contribution in [0.4, 0.5) is 5.69 Å². The van der Waals surface area contributed by atoms with E-state index < -0.39 is 0 Å². The van der Waals surface area contributed by atoms with Crippen molar-refractivity contribution in [2.45, 2.75) is 20.0 Å². The quantitative estimate of drug-likeness (QED) is 0.692. The van der Waals surface area contributed by atoms with E-state index in [4.69, 9.17) is 22.1 Å². The Labute approximate surface area is 123 Å². The summed E-state index contributed by atoms with van der Waals surface area (Å²) >= 11 is 6.09. The molecule has 0 fully saturated rings. The number of anilines is 1. The van der Waals surface area contributed by atoms with Gasteiger partial charge in [0.25, 0.3) is 0 Å². The topological polar surface area (TPSA) is 52.3 Å². The van der Waals surface area contributed by atoms with Gasteiger partial charge in [-0.3, -0.25) is 4.79 Å². The number of carbonyl (C=O) groups excluding carboxylic acids is 1. The second-order valence-corrected chi connectivity index (χ2v) is 5.08. The van der Waals surface area contributed by atoms with Crippen LogP contribution in [0.15, 0.2) is 42.5 Å². The van der Waals surface area contributed by atoms with Crippen molar-refractivity contribution in [3.8, 4) is 0 Å². The molecule has 0 amide bonds. The minimum atomic E-state index is -0.286. The van der Waals surface area contributed by atoms with Crippen LogP contribution in [0, 0.1) is 6.92 Å². The summed E-state index contributed by atoms with van der Waals surface area (Å²) in [4.78, 5) is 11.8. The third-order valence-electron chi connectivity index (χ3n) is 2.93. The Morgan fingerprint density at radius 3 is 2.55 bits per heavy atom. The normalized spacial score (nSPS) is 10.3. The van der Waals surface area contributed by atoms with Crippen molar-refractivity contribution < 1.29 is 9.53 Å². The summed E-state index contributed by atoms with van der Waals surface area (Å²) in [5.74, 6) is -0.286. The van der Waals surface area contributed by atoms with Crippen molar-refractivity contribution >= 4 is 23.3 Å². The lowest BCUT2D eigenvalue weighted by molar-refractivity contribution is -0.144. The van der Waals surface area contributed by atoms with Crippen molar-refractivity contribution in [1.82, 2.24) is 0 Å². The fourth-order valence-electron chi connectivity index (χ4n) is 1.78. The molecule has 2 N–H and O–H groups in total. The lowest BCUT2D eigenvalue weighted by Gasteiger charge is -2.07. The maximum absolute atomic E-state index is 11.8. The number of esters is 1. The van der Waals surface area contributed by atoms with E-state index in [2.05, 4.69) is 0 Å². The summed E-state index contributed by atoms with van der Waals surface area (Å²) in [7, 11) is 0. The van der Waals surface area contributed by atoms with Gasteiger partial charge < -0.3 is 10.5 Å². The number of hydrogen-bond donors (Lipinski definition) is 1. The molecule has 20 heavy (non-hydrogen) atoms. The number of hydrogen-bond acceptors (Lipinski definition) is 3. The summed E-state index contributed by atoms with van der Waals surface area (Å²) < 4.78 is 5.23. The van der Waals surface area contributed by atoms with Gasteiger partial charge in [-0.15, -0.1) is 0 Å². The molecule has 0 radical (unpaired) electrons. The first-order valence-electron chi connectivity index (χ1n) is 6.29. The summed E-state index contributed by atoms with van der Waals surface area (Å²) in [6, 6.07) is 12.8. The number of carbonyl (C=O) groups is 1. The van der Waals surface area contributed by atoms with E-state index in [0.29, 0.717) is 10.7 Å². The van der Waals surface area contributed by atoms with Gasteiger partial charge in [0, 0.05) is 16.3 Å². The lowest BCUT2D eigenvalue weighted by Crippen LogP contribution is -2.08. The minimum Gasteiger partial charge on any atom is -0.461 e. The second kappa shape index (κ2) is 6.44. The van der Waals surface area contributed by atoms with Crippen LogP contribution < -0.4 is 5.73 Å². The Morgan fingerprint density at radius 2 is 1.90 bits per heavy atom. The molecule has 0 heterocycles. The van der Waals surface area contributed by atoms with Gasteiger partial charge in [-0.05, 0) is 36.2 Å². The summed E-state index contributed by atoms with van der Waals surface area (Å²) in [5.41, 5.74) is 9.02. The average molecular weight is 290 g/mol. The van der Waals surface area contributed by atoms with Crippen LogP contribution >= 0.6 is 11.6 Å². The van der Waals surface area contributed by atoms with Crippen molar-refractivity contribution in [3.05, 3.63) is 64.2 Å². The molecule has 4 heteroatoms. The van der Waals surface area contributed by atoms with Gasteiger partial charge in [0.1, 0.15) is 6.61 Å². The highest BCUT2D eigenvalue weighted by Gasteiger charge is 2.07. The molecule has 104 valence electrons. The van der Waals surface area contributed by atoms with E-state index in [0.717, 1.165) is 16.7 Å². The van der Waals surface area contributed by atoms with Crippen molar-refractivity contribution in [2.75, 3.05) is 5.73 Å². The number of halogens is 1. The molecule has 2 rings (SSSR count). The van der Waals surface area contributed by atoms with Gasteiger partial charge in [-0.1, -0.05) is 35.9 Å². The van der Waals surface area contributed by atoms with E-state index in [1.165, 1.54) is 0 Å². The van der Waals surface area contributed by atoms with Gasteiger partial charge >= 0.3 is 5.97 Å². The highest BCUT2D eigenvalue weighted by molar-refractivity contribution is 6.31. The first-order chi connectivity index (χ1) is 9.54. The third kappa shape index (κ3) is 4.00. The monoisotopic (exact) mass is 289 g/mol. The van der Waals surface area contributed by atoms with Crippen molar-refractivity contribution in [1.29, 1.82) is 0 Å². The van der Waals surface area contributed by atoms with Crippen LogP contribution in [0.1, 0.15) is 16.7 Å². The minimum absolute atomic E-state index is 0.187. The summed E-state index contributed by atoms with van der Waals surface area (Å²) in [5, 5.41) is 0.616. The second-order valence-electron chi connectivity index (χ2n) is 4.67. The summed E-state index contributed by atoms with van der Waals surface area (Å²) in [6.45, 7) is 2.15. The van der Waals surface area contributed by atoms with Crippen LogP contribution in [0.5, 0.6) is 0 Å². The molecule has 0 atom stereocenters. The average Bonchev–Trinajstić information content (AvgIpc) is 2.40. The summed E-state index contributed by atoms with van der Waals surface area (Å²) in [6.07, 6.45) is 0.226. The molecule has 0 aromatic heterocycles. The molecule has 0 saturated heterocycles. The van der Waals surface area contributed by atoms with Gasteiger partial charge in [0.2, 0.25) is 0 Å². The first-order valence-corrected chi connectivity index (χ1v) is 6.67. The molecule has 3 nitrogen and oxygen atoms in total. The van der Waals surface area contributed by atoms with E-state index in [1.807, 2.05) is 37.3 Å². The number of nitrogen functional groups attached to an aromatic ring is 1. The fourth-order valence-corrected chi connectivity index (χ4v) is 2.07. The zero-order valence-corrected chi connectivity index (χ0v) is 12.0. The van der Waals surface area contributed by atoms with E-state index in [1.54, 1.807) is 12.1 Å². The number of aryl methyl sites for hydroxylation is 1. The van der Waals surface area contributed by atoms with Gasteiger partial charge in [0.05, 0.1) is 6.42 Å². The maximum atomic E-state index is 11.8. The zero-order valence-electron chi connectivity index (χ0n) is 11.2. The zero-order chi connectivity index (χ0) is 14.5. The highest BCUT2D eigenvalue weighted by atomic mass is 35.5. The van der Waals surface area contributed by atoms with Gasteiger partial charge in [-0.25, -0.2) is 0 Å². The Hall–Kier alpha value is -2.00. The molecule has 0 aliphatic heterocycles. The van der Waals surface area contributed by atoms with Crippen LogP contribution in [-0.2, 0) is 22.6 Å². The molecule has 2 aromatic rings. The molecule has 0 aliphatic carbocycles. The molecule has 0 saturated carbocycles. The van der Waals surface area contributed by atoms with Crippen LogP contribution in [0.3, 0.4) is 0 Å². The Morgan fingerprint density at radius 1 is 1.20 bits per heavy atom. The number of rotatable bonds is 4. The number of ether oxygens (including phenoxy) is 1. The molecule has 0 bridgehead atoms. The lowest BCUT2D eigenvalue weighted by atomic mass is 10.1. The maximum Gasteiger partial charge on any atom is 0.310 e. The smallest absolute Gasteiger partial charge is 0.310 e. The number of benzene rings is 2. The Kier molecular flexibility index (Phi) is 4.64. The van der Waals surface area contributed by atoms with Crippen molar-refractivity contribution in [3.63, 3.8) is 0 Å². The van der Waals surface area contributed by atoms with E-state index in [-0.39, 0.29) is 19.0 Å². The van der Waals surface area contributed by atoms with Gasteiger partial charge in [-0.2, -0.15) is 0 Å². The predicted molar refractivity (Wildman–Crippen MR) is 80.5 cm³/mol. The highest BCUT2D eigenvalue weighted by Crippen LogP contribution is 2.18. The first kappa shape index (κ1) is 14.4. The Balaban J connectivity index is 1.90. The number of nitrogens with two attached hydrogens (primary N) is 1. The predicted octanol–water partition coefficient (Wildman–Crippen LogP) is 3.52.